The van der Waals surface area contributed by atoms with E-state index < -0.39 is 37.3 Å². The van der Waals surface area contributed by atoms with Gasteiger partial charge in [0.1, 0.15) is 28.2 Å². The third-order valence-corrected chi connectivity index (χ3v) is 20.1. The van der Waals surface area contributed by atoms with Gasteiger partial charge in [0.15, 0.2) is 15.6 Å². The van der Waals surface area contributed by atoms with E-state index in [9.17, 15) is 32.4 Å². The summed E-state index contributed by atoms with van der Waals surface area (Å²) in [5.74, 6) is 0.506. The van der Waals surface area contributed by atoms with E-state index in [0.29, 0.717) is 142 Å². The summed E-state index contributed by atoms with van der Waals surface area (Å²) in [7, 11) is -3.94. The number of carbonyl (C=O) groups excluding carboxylic acids is 5. The standard InChI is InChI=1S/C66H94N14O10S/c1-17-19-54(81)46-28-53-58(67-32-46)66(15,16)40-79(53)57(82)39-77-36-43(3)78(61(84)89-63(6,7)8)38-48(77)37-75-25-26-76(35-42(75)2)60-68-33-47(34-69-60)59(83)74-23-21-73(22-24-74)20-18-27-88-55-31-51-49(29-56(55)91(86,87)65(12,13)14)50(70-41-71-51)30-52-44(4)45(5)72-80(52)62(85)90-64(9,10)11/h28-29,31-34,41-43,48H,17-27,30,35-40H2,1-16H3/t42-,43-,48+/m1/s1. The van der Waals surface area contributed by atoms with Crippen molar-refractivity contribution in [3.63, 3.8) is 0 Å². The summed E-state index contributed by atoms with van der Waals surface area (Å²) in [5.41, 5.74) is 3.59. The average Bonchev–Trinajstić information content (AvgIpc) is 1.74. The van der Waals surface area contributed by atoms with Gasteiger partial charge in [-0.15, -0.1) is 0 Å². The summed E-state index contributed by atoms with van der Waals surface area (Å²) in [4.78, 5) is 106. The van der Waals surface area contributed by atoms with E-state index in [1.54, 1.807) is 82.1 Å². The van der Waals surface area contributed by atoms with Crippen LogP contribution in [0.25, 0.3) is 10.9 Å². The number of sulfone groups is 1. The summed E-state index contributed by atoms with van der Waals surface area (Å²) in [6.45, 7) is 36.9. The molecule has 4 aliphatic rings. The number of ketones is 1. The molecule has 0 bridgehead atoms. The maximum Gasteiger partial charge on any atom is 0.435 e. The molecule has 0 aliphatic carbocycles. The average molecular weight is 1280 g/mol. The van der Waals surface area contributed by atoms with Crippen molar-refractivity contribution in [1.82, 2.24) is 59.2 Å². The Balaban J connectivity index is 0.788. The molecule has 25 heteroatoms. The van der Waals surface area contributed by atoms with Crippen LogP contribution in [-0.2, 0) is 35.9 Å². The van der Waals surface area contributed by atoms with Crippen molar-refractivity contribution in [3.8, 4) is 5.75 Å². The molecule has 8 heterocycles. The van der Waals surface area contributed by atoms with Crippen LogP contribution < -0.4 is 14.5 Å². The largest absolute Gasteiger partial charge is 0.492 e. The molecule has 0 spiro atoms. The van der Waals surface area contributed by atoms with Crippen LogP contribution in [0.4, 0.5) is 21.2 Å². The zero-order chi connectivity index (χ0) is 66.3. The number of Topliss-reactive ketones (excluding diaryl/α,β-unsaturated/α-hetero) is 1. The van der Waals surface area contributed by atoms with Crippen LogP contribution >= 0.6 is 0 Å². The highest BCUT2D eigenvalue weighted by Crippen LogP contribution is 2.41. The first-order valence-electron chi connectivity index (χ1n) is 32.0. The Labute approximate surface area is 536 Å². The third-order valence-electron chi connectivity index (χ3n) is 17.5. The molecule has 0 radical (unpaired) electrons. The molecule has 0 N–H and O–H groups in total. The van der Waals surface area contributed by atoms with Crippen molar-refractivity contribution in [1.29, 1.82) is 0 Å². The summed E-state index contributed by atoms with van der Waals surface area (Å²) in [5, 5.41) is 4.98. The minimum absolute atomic E-state index is 0.00596. The molecule has 1 aromatic carbocycles. The predicted molar refractivity (Wildman–Crippen MR) is 347 cm³/mol. The Hall–Kier alpha value is -7.22. The van der Waals surface area contributed by atoms with Crippen LogP contribution in [0.5, 0.6) is 5.75 Å². The number of hydrogen-bond acceptors (Lipinski definition) is 20. The van der Waals surface area contributed by atoms with Crippen molar-refractivity contribution in [3.05, 3.63) is 82.6 Å². The first kappa shape index (κ1) is 68.2. The van der Waals surface area contributed by atoms with Crippen LogP contribution in [0.2, 0.25) is 0 Å². The number of rotatable bonds is 17. The van der Waals surface area contributed by atoms with Crippen LogP contribution in [-0.4, -0.2) is 223 Å². The first-order chi connectivity index (χ1) is 42.6. The van der Waals surface area contributed by atoms with Gasteiger partial charge in [-0.1, -0.05) is 20.8 Å². The summed E-state index contributed by atoms with van der Waals surface area (Å²) in [6.07, 6.45) is 7.14. The normalized spacial score (nSPS) is 19.6. The fourth-order valence-corrected chi connectivity index (χ4v) is 13.6. The molecule has 0 unspecified atom stereocenters. The number of aromatic nitrogens is 7. The number of aryl methyl sites for hydroxylation is 1. The Bertz CT molecular complexity index is 3640. The minimum atomic E-state index is -3.94. The molecule has 3 atom stereocenters. The Kier molecular flexibility index (Phi) is 20.1. The summed E-state index contributed by atoms with van der Waals surface area (Å²) in [6, 6.07) is 4.69. The van der Waals surface area contributed by atoms with Gasteiger partial charge < -0.3 is 33.8 Å². The fraction of sp³-hybridized carbons (Fsp3) is 0.621. The number of ether oxygens (including phenoxy) is 3. The van der Waals surface area contributed by atoms with Crippen LogP contribution in [0.3, 0.4) is 0 Å². The van der Waals surface area contributed by atoms with Gasteiger partial charge >= 0.3 is 12.2 Å². The SMILES string of the molecule is CCCC(=O)c1cnc2c(c1)N(C(=O)CN1C[C@@H](C)N(C(=O)OC(C)(C)C)C[C@@H]1CN1CCN(c3ncc(C(=O)N4CCN(CCCOc5cc6ncnc(Cc7c(C)c(C)nn7C(=O)OC(C)(C)C)c6cc5S(=O)(=O)C(C)(C)C)CC4)cn3)C[C@H]1C)CC2(C)C. The lowest BCUT2D eigenvalue weighted by Crippen LogP contribution is -2.65. The second kappa shape index (κ2) is 26.8. The van der Waals surface area contributed by atoms with E-state index in [1.807, 2.05) is 59.4 Å². The molecule has 4 aliphatic heterocycles. The smallest absolute Gasteiger partial charge is 0.435 e. The second-order valence-electron chi connectivity index (χ2n) is 28.6. The summed E-state index contributed by atoms with van der Waals surface area (Å²) >= 11 is 0. The van der Waals surface area contributed by atoms with Gasteiger partial charge in [0.05, 0.1) is 57.4 Å². The van der Waals surface area contributed by atoms with Gasteiger partial charge in [-0.05, 0) is 121 Å². The summed E-state index contributed by atoms with van der Waals surface area (Å²) < 4.78 is 46.5. The molecule has 3 fully saturated rings. The highest BCUT2D eigenvalue weighted by atomic mass is 32.2. The van der Waals surface area contributed by atoms with Gasteiger partial charge in [-0.3, -0.25) is 34.1 Å². The number of fused-ring (bicyclic) bond motifs is 2. The van der Waals surface area contributed by atoms with Crippen LogP contribution in [0, 0.1) is 13.8 Å². The van der Waals surface area contributed by atoms with E-state index in [1.165, 1.54) is 11.0 Å². The second-order valence-corrected chi connectivity index (χ2v) is 31.2. The number of nitrogens with zero attached hydrogens (tertiary/aromatic N) is 14. The quantitative estimate of drug-likeness (QED) is 0.0633. The monoisotopic (exact) mass is 1270 g/mol. The highest BCUT2D eigenvalue weighted by molar-refractivity contribution is 7.92. The number of carbonyl (C=O) groups is 5. The lowest BCUT2D eigenvalue weighted by Gasteiger charge is -2.48. The Morgan fingerprint density at radius 3 is 2.07 bits per heavy atom. The third kappa shape index (κ3) is 15.5. The first-order valence-corrected chi connectivity index (χ1v) is 33.4. The van der Waals surface area contributed by atoms with Crippen molar-refractivity contribution in [2.75, 3.05) is 101 Å². The van der Waals surface area contributed by atoms with E-state index in [2.05, 4.69) is 55.4 Å². The van der Waals surface area contributed by atoms with Crippen LogP contribution in [0.15, 0.2) is 48.0 Å². The van der Waals surface area contributed by atoms with E-state index in [-0.39, 0.29) is 72.0 Å². The lowest BCUT2D eigenvalue weighted by molar-refractivity contribution is -0.121. The predicted octanol–water partition coefficient (Wildman–Crippen LogP) is 7.93. The molecule has 3 saturated heterocycles. The molecular formula is C66H94N14O10S. The molecule has 0 saturated carbocycles. The van der Waals surface area contributed by atoms with Gasteiger partial charge in [0.25, 0.3) is 5.91 Å². The van der Waals surface area contributed by atoms with Crippen LogP contribution in [0.1, 0.15) is 165 Å². The number of benzene rings is 1. The minimum Gasteiger partial charge on any atom is -0.492 e. The number of piperazine rings is 3. The topological polar surface area (TPSA) is 252 Å². The van der Waals surface area contributed by atoms with Gasteiger partial charge in [0.2, 0.25) is 11.9 Å². The molecule has 91 heavy (non-hydrogen) atoms. The molecule has 3 amide bonds. The molecule has 5 aromatic rings. The zero-order valence-corrected chi connectivity index (χ0v) is 57.1. The van der Waals surface area contributed by atoms with Gasteiger partial charge in [-0.2, -0.15) is 9.78 Å². The lowest BCUT2D eigenvalue weighted by atomic mass is 9.91. The van der Waals surface area contributed by atoms with E-state index in [4.69, 9.17) is 29.2 Å². The molecule has 494 valence electrons. The molecule has 9 rings (SSSR count). The van der Waals surface area contributed by atoms with Gasteiger partial charge in [0, 0.05) is 151 Å². The fourth-order valence-electron chi connectivity index (χ4n) is 12.3. The van der Waals surface area contributed by atoms with E-state index in [0.717, 1.165) is 17.7 Å². The Morgan fingerprint density at radius 1 is 0.747 bits per heavy atom. The van der Waals surface area contributed by atoms with Crippen molar-refractivity contribution < 1.29 is 46.6 Å². The highest BCUT2D eigenvalue weighted by Gasteiger charge is 2.44. The van der Waals surface area contributed by atoms with Crippen molar-refractivity contribution in [2.45, 2.75) is 181 Å². The molecule has 4 aromatic heterocycles. The zero-order valence-electron chi connectivity index (χ0n) is 56.3. The molecule has 24 nitrogen and oxygen atoms in total. The number of anilines is 2. The number of hydrogen-bond donors (Lipinski definition) is 0. The molecular weight excluding hydrogens is 1180 g/mol. The Morgan fingerprint density at radius 2 is 1.42 bits per heavy atom. The number of amides is 3. The number of pyridine rings is 1. The maximum atomic E-state index is 14.6. The van der Waals surface area contributed by atoms with Crippen molar-refractivity contribution >= 4 is 62.2 Å². The van der Waals surface area contributed by atoms with Crippen molar-refractivity contribution in [2.24, 2.45) is 0 Å². The van der Waals surface area contributed by atoms with E-state index >= 15 is 0 Å². The van der Waals surface area contributed by atoms with Gasteiger partial charge in [-0.25, -0.2) is 37.9 Å². The maximum absolute atomic E-state index is 14.6.